The molecule has 9 rings (SSSR count). The summed E-state index contributed by atoms with van der Waals surface area (Å²) in [6.45, 7) is 7.74. The van der Waals surface area contributed by atoms with Gasteiger partial charge in [-0.3, -0.25) is 0 Å². The van der Waals surface area contributed by atoms with Crippen LogP contribution < -0.4 is 10.6 Å². The Kier molecular flexibility index (Phi) is 4.61. The van der Waals surface area contributed by atoms with Gasteiger partial charge < -0.3 is 0 Å². The maximum absolute atomic E-state index is 2.93. The Morgan fingerprint density at radius 3 is 1.39 bits per heavy atom. The molecule has 0 amide bonds. The van der Waals surface area contributed by atoms with Crippen molar-refractivity contribution in [2.24, 2.45) is 35.5 Å². The predicted octanol–water partition coefficient (Wildman–Crippen LogP) is 5.98. The third-order valence-electron chi connectivity index (χ3n) is 11.0. The van der Waals surface area contributed by atoms with Crippen LogP contribution in [0.2, 0.25) is 19.6 Å². The Morgan fingerprint density at radius 1 is 0.613 bits per heavy atom. The van der Waals surface area contributed by atoms with Crippen molar-refractivity contribution in [2.75, 3.05) is 37.0 Å². The van der Waals surface area contributed by atoms with Gasteiger partial charge in [-0.1, -0.05) is 0 Å². The van der Waals surface area contributed by atoms with Crippen LogP contribution >= 0.6 is 14.5 Å². The normalized spacial score (nSPS) is 43.2. The van der Waals surface area contributed by atoms with Crippen molar-refractivity contribution in [3.63, 3.8) is 0 Å². The summed E-state index contributed by atoms with van der Waals surface area (Å²) in [5, 5.41) is 4.22. The Labute approximate surface area is 193 Å². The fourth-order valence-corrected chi connectivity index (χ4v) is 27.3. The van der Waals surface area contributed by atoms with Gasteiger partial charge in [0.2, 0.25) is 0 Å². The Morgan fingerprint density at radius 2 is 1.00 bits per heavy atom. The fourth-order valence-electron chi connectivity index (χ4n) is 11.1. The molecule has 8 bridgehead atoms. The summed E-state index contributed by atoms with van der Waals surface area (Å²) < 4.78 is 0. The molecule has 2 aliphatic carbocycles. The van der Waals surface area contributed by atoms with E-state index in [2.05, 4.69) is 48.4 Å². The van der Waals surface area contributed by atoms with Gasteiger partial charge in [0.05, 0.1) is 0 Å². The molecular formula is C28H46P2Si. The first kappa shape index (κ1) is 20.7. The van der Waals surface area contributed by atoms with E-state index in [1.54, 1.807) is 81.1 Å². The van der Waals surface area contributed by atoms with Gasteiger partial charge >= 0.3 is 194 Å². The Hall–Kier alpha value is 0.297. The van der Waals surface area contributed by atoms with E-state index in [0.29, 0.717) is 0 Å². The molecule has 6 heterocycles. The topological polar surface area (TPSA) is 0 Å². The first-order valence-corrected chi connectivity index (χ1v) is 22.9. The average molecular weight is 473 g/mol. The van der Waals surface area contributed by atoms with Crippen LogP contribution in [0.5, 0.6) is 0 Å². The Bertz CT molecular complexity index is 826. The van der Waals surface area contributed by atoms with Crippen LogP contribution in [0.1, 0.15) is 44.1 Å². The standard InChI is InChI=1S/C28H46P2Si/c1-31(2,3)19-20-4-5-27(29-13-21-6-22(14-29)8-23(7-21)15-29)28(12-20)30-16-24-9-25(17-30)11-26(10-24)18-30/h4-5,12,21-26,29-30H,6-11,13-19H2,1-3H3. The van der Waals surface area contributed by atoms with E-state index < -0.39 is 22.6 Å². The SMILES string of the molecule is C[Si](C)(C)Cc1ccc([PH]23CC4CC(CC(C4)C2)C3)c([PH]23CC4CC(CC(C4)C2)C3)c1. The van der Waals surface area contributed by atoms with E-state index in [-0.39, 0.29) is 0 Å². The quantitative estimate of drug-likeness (QED) is 0.374. The minimum atomic E-state index is -1.28. The molecule has 0 atom stereocenters. The van der Waals surface area contributed by atoms with E-state index in [9.17, 15) is 0 Å². The number of hydrogen-bond acceptors (Lipinski definition) is 0. The molecule has 2 saturated carbocycles. The van der Waals surface area contributed by atoms with Gasteiger partial charge in [-0.15, -0.1) is 0 Å². The average Bonchev–Trinajstić information content (AvgIpc) is 2.64. The Balaban J connectivity index is 1.36. The molecule has 6 saturated heterocycles. The van der Waals surface area contributed by atoms with Gasteiger partial charge in [-0.2, -0.15) is 0 Å². The van der Waals surface area contributed by atoms with E-state index in [1.807, 2.05) is 0 Å². The second-order valence-electron chi connectivity index (χ2n) is 15.0. The molecule has 0 unspecified atom stereocenters. The van der Waals surface area contributed by atoms with Gasteiger partial charge in [0.1, 0.15) is 0 Å². The summed E-state index contributed by atoms with van der Waals surface area (Å²) in [4.78, 5) is 0. The molecule has 3 heteroatoms. The number of hydrogen-bond donors (Lipinski definition) is 0. The number of benzene rings is 1. The molecule has 0 radical (unpaired) electrons. The predicted molar refractivity (Wildman–Crippen MR) is 147 cm³/mol. The molecule has 8 fully saturated rings. The minimum absolute atomic E-state index is 1.07. The van der Waals surface area contributed by atoms with Crippen LogP contribution in [0.4, 0.5) is 0 Å². The zero-order valence-electron chi connectivity index (χ0n) is 20.4. The molecule has 0 nitrogen and oxygen atoms in total. The van der Waals surface area contributed by atoms with Gasteiger partial charge in [-0.25, -0.2) is 0 Å². The van der Waals surface area contributed by atoms with Gasteiger partial charge in [0.15, 0.2) is 0 Å². The van der Waals surface area contributed by atoms with Crippen molar-refractivity contribution >= 4 is 33.2 Å². The van der Waals surface area contributed by atoms with Crippen molar-refractivity contribution in [2.45, 2.75) is 64.2 Å². The van der Waals surface area contributed by atoms with E-state index in [4.69, 9.17) is 0 Å². The van der Waals surface area contributed by atoms with Crippen molar-refractivity contribution < 1.29 is 0 Å². The van der Waals surface area contributed by atoms with E-state index in [1.165, 1.54) is 6.04 Å². The summed E-state index contributed by atoms with van der Waals surface area (Å²) >= 11 is 0. The van der Waals surface area contributed by atoms with E-state index in [0.717, 1.165) is 35.5 Å². The molecule has 0 spiro atoms. The molecule has 172 valence electrons. The summed E-state index contributed by atoms with van der Waals surface area (Å²) in [6, 6.07) is 9.83. The third-order valence-corrected chi connectivity index (χ3v) is 24.0. The molecule has 1 aromatic carbocycles. The van der Waals surface area contributed by atoms with Crippen LogP contribution in [0.3, 0.4) is 0 Å². The van der Waals surface area contributed by atoms with Crippen molar-refractivity contribution in [1.29, 1.82) is 0 Å². The molecule has 6 aliphatic heterocycles. The van der Waals surface area contributed by atoms with Crippen LogP contribution in [-0.2, 0) is 6.04 Å². The first-order valence-electron chi connectivity index (χ1n) is 13.9. The number of rotatable bonds is 4. The van der Waals surface area contributed by atoms with Crippen molar-refractivity contribution in [3.8, 4) is 0 Å². The van der Waals surface area contributed by atoms with E-state index >= 15 is 0 Å². The zero-order chi connectivity index (χ0) is 21.0. The summed E-state index contributed by atoms with van der Waals surface area (Å²) in [6.07, 6.45) is 19.9. The summed E-state index contributed by atoms with van der Waals surface area (Å²) in [5.41, 5.74) is 1.75. The molecule has 8 aliphatic rings. The van der Waals surface area contributed by atoms with Crippen LogP contribution in [0.25, 0.3) is 0 Å². The molecule has 1 aromatic rings. The zero-order valence-corrected chi connectivity index (χ0v) is 23.4. The van der Waals surface area contributed by atoms with Gasteiger partial charge in [-0.05, 0) is 0 Å². The van der Waals surface area contributed by atoms with Gasteiger partial charge in [0, 0.05) is 0 Å². The molecule has 31 heavy (non-hydrogen) atoms. The maximum atomic E-state index is 2.93. The van der Waals surface area contributed by atoms with Crippen LogP contribution in [0, 0.1) is 35.5 Å². The third kappa shape index (κ3) is 3.41. The van der Waals surface area contributed by atoms with Crippen molar-refractivity contribution in [1.82, 2.24) is 0 Å². The van der Waals surface area contributed by atoms with Crippen molar-refractivity contribution in [3.05, 3.63) is 23.8 Å². The summed E-state index contributed by atoms with van der Waals surface area (Å²) in [5.74, 6) is 6.78. The second kappa shape index (κ2) is 6.92. The van der Waals surface area contributed by atoms with Gasteiger partial charge in [0.25, 0.3) is 0 Å². The van der Waals surface area contributed by atoms with Crippen LogP contribution in [-0.4, -0.2) is 45.0 Å². The molecule has 0 aromatic heterocycles. The second-order valence-corrected chi connectivity index (χ2v) is 29.1. The first-order chi connectivity index (χ1) is 14.8. The monoisotopic (exact) mass is 472 g/mol. The fraction of sp³-hybridized carbons (Fsp3) is 0.786. The molecular weight excluding hydrogens is 426 g/mol. The van der Waals surface area contributed by atoms with Crippen LogP contribution in [0.15, 0.2) is 18.2 Å². The summed E-state index contributed by atoms with van der Waals surface area (Å²) in [7, 11) is -3.60. The molecule has 0 N–H and O–H groups in total.